The zero-order chi connectivity index (χ0) is 11.7. The van der Waals surface area contributed by atoms with E-state index < -0.39 is 0 Å². The molecule has 86 valence electrons. The number of carbonyl (C=O) groups is 1. The highest BCUT2D eigenvalue weighted by Gasteiger charge is 2.04. The molecule has 0 aliphatic heterocycles. The van der Waals surface area contributed by atoms with Crippen LogP contribution in [0.3, 0.4) is 0 Å². The third-order valence-corrected chi connectivity index (χ3v) is 2.26. The Morgan fingerprint density at radius 3 is 2.67 bits per heavy atom. The van der Waals surface area contributed by atoms with E-state index in [9.17, 15) is 4.79 Å². The van der Waals surface area contributed by atoms with Gasteiger partial charge >= 0.3 is 5.97 Å². The van der Waals surface area contributed by atoms with E-state index in [1.54, 1.807) is 6.92 Å². The standard InChI is InChI=1S/C13H22O2/c1-5-11(3)10-12(4)8-7-9-13(14)15-6-2/h5,7,9,11-12H,1,6,8,10H2,2-4H3/b9-7+/t11-,12+/m1/s1. The molecule has 0 fully saturated rings. The molecule has 0 amide bonds. The number of allylic oxidation sites excluding steroid dienone is 2. The van der Waals surface area contributed by atoms with Crippen molar-refractivity contribution in [1.82, 2.24) is 0 Å². The van der Waals surface area contributed by atoms with Crippen molar-refractivity contribution in [2.45, 2.75) is 33.6 Å². The van der Waals surface area contributed by atoms with Crippen LogP contribution in [0.15, 0.2) is 24.8 Å². The monoisotopic (exact) mass is 210 g/mol. The van der Waals surface area contributed by atoms with Crippen LogP contribution in [0.25, 0.3) is 0 Å². The van der Waals surface area contributed by atoms with Gasteiger partial charge in [-0.15, -0.1) is 6.58 Å². The number of esters is 1. The second kappa shape index (κ2) is 8.27. The number of carbonyl (C=O) groups excluding carboxylic acids is 1. The lowest BCUT2D eigenvalue weighted by Gasteiger charge is -2.11. The molecule has 0 rings (SSSR count). The third-order valence-electron chi connectivity index (χ3n) is 2.26. The Morgan fingerprint density at radius 1 is 1.47 bits per heavy atom. The zero-order valence-electron chi connectivity index (χ0n) is 10.0. The zero-order valence-corrected chi connectivity index (χ0v) is 10.0. The SMILES string of the molecule is C=C[C@@H](C)C[C@@H](C)C/C=C/C(=O)OCC. The van der Waals surface area contributed by atoms with Gasteiger partial charge in [-0.1, -0.05) is 26.0 Å². The van der Waals surface area contributed by atoms with E-state index in [4.69, 9.17) is 4.74 Å². The number of hydrogen-bond donors (Lipinski definition) is 0. The molecule has 0 aromatic rings. The lowest BCUT2D eigenvalue weighted by Crippen LogP contribution is -2.01. The Labute approximate surface area is 93.0 Å². The van der Waals surface area contributed by atoms with Gasteiger partial charge in [-0.25, -0.2) is 4.79 Å². The molecule has 0 saturated carbocycles. The molecular weight excluding hydrogens is 188 g/mol. The highest BCUT2D eigenvalue weighted by Crippen LogP contribution is 2.15. The third kappa shape index (κ3) is 7.98. The quantitative estimate of drug-likeness (QED) is 0.366. The summed E-state index contributed by atoms with van der Waals surface area (Å²) in [4.78, 5) is 11.0. The van der Waals surface area contributed by atoms with E-state index in [1.807, 2.05) is 12.2 Å². The molecule has 0 spiro atoms. The Morgan fingerprint density at radius 2 is 2.13 bits per heavy atom. The van der Waals surface area contributed by atoms with E-state index in [-0.39, 0.29) is 5.97 Å². The predicted molar refractivity (Wildman–Crippen MR) is 63.5 cm³/mol. The van der Waals surface area contributed by atoms with E-state index >= 15 is 0 Å². The lowest BCUT2D eigenvalue weighted by molar-refractivity contribution is -0.137. The summed E-state index contributed by atoms with van der Waals surface area (Å²) in [6.07, 6.45) is 7.39. The summed E-state index contributed by atoms with van der Waals surface area (Å²) in [5, 5.41) is 0. The van der Waals surface area contributed by atoms with Gasteiger partial charge in [0.05, 0.1) is 6.61 Å². The molecule has 0 radical (unpaired) electrons. The minimum absolute atomic E-state index is 0.249. The smallest absolute Gasteiger partial charge is 0.330 e. The maximum atomic E-state index is 11.0. The van der Waals surface area contributed by atoms with E-state index in [2.05, 4.69) is 20.4 Å². The van der Waals surface area contributed by atoms with Crippen LogP contribution in [0.4, 0.5) is 0 Å². The van der Waals surface area contributed by atoms with Gasteiger partial charge in [-0.05, 0) is 31.6 Å². The summed E-state index contributed by atoms with van der Waals surface area (Å²) in [5.74, 6) is 0.862. The van der Waals surface area contributed by atoms with E-state index in [0.29, 0.717) is 18.4 Å². The van der Waals surface area contributed by atoms with Crippen LogP contribution < -0.4 is 0 Å². The normalized spacial score (nSPS) is 14.9. The van der Waals surface area contributed by atoms with Crippen molar-refractivity contribution < 1.29 is 9.53 Å². The molecule has 15 heavy (non-hydrogen) atoms. The summed E-state index contributed by atoms with van der Waals surface area (Å²) in [5.41, 5.74) is 0. The Bertz CT molecular complexity index is 219. The molecule has 0 aliphatic rings. The summed E-state index contributed by atoms with van der Waals surface area (Å²) in [6, 6.07) is 0. The van der Waals surface area contributed by atoms with Gasteiger partial charge in [0, 0.05) is 6.08 Å². The average Bonchev–Trinajstić information content (AvgIpc) is 2.18. The second-order valence-electron chi connectivity index (χ2n) is 3.94. The first-order valence-electron chi connectivity index (χ1n) is 5.56. The molecule has 0 bridgehead atoms. The predicted octanol–water partition coefficient (Wildman–Crippen LogP) is 3.34. The maximum Gasteiger partial charge on any atom is 0.330 e. The molecule has 0 aromatic heterocycles. The molecule has 2 heteroatoms. The van der Waals surface area contributed by atoms with Crippen LogP contribution in [0.2, 0.25) is 0 Å². The van der Waals surface area contributed by atoms with Gasteiger partial charge in [0.15, 0.2) is 0 Å². The van der Waals surface area contributed by atoms with Crippen LogP contribution in [0, 0.1) is 11.8 Å². The molecule has 0 saturated heterocycles. The van der Waals surface area contributed by atoms with Crippen molar-refractivity contribution in [3.8, 4) is 0 Å². The summed E-state index contributed by atoms with van der Waals surface area (Å²) in [6.45, 7) is 10.3. The van der Waals surface area contributed by atoms with Crippen LogP contribution in [0.1, 0.15) is 33.6 Å². The van der Waals surface area contributed by atoms with Crippen molar-refractivity contribution in [3.63, 3.8) is 0 Å². The molecule has 2 atom stereocenters. The fourth-order valence-electron chi connectivity index (χ4n) is 1.41. The fourth-order valence-corrected chi connectivity index (χ4v) is 1.41. The van der Waals surface area contributed by atoms with Gasteiger partial charge < -0.3 is 4.74 Å². The molecule has 2 nitrogen and oxygen atoms in total. The Kier molecular flexibility index (Phi) is 7.69. The summed E-state index contributed by atoms with van der Waals surface area (Å²) < 4.78 is 4.78. The van der Waals surface area contributed by atoms with Crippen molar-refractivity contribution in [1.29, 1.82) is 0 Å². The lowest BCUT2D eigenvalue weighted by atomic mass is 9.95. The average molecular weight is 210 g/mol. The molecule has 0 N–H and O–H groups in total. The van der Waals surface area contributed by atoms with Crippen molar-refractivity contribution in [2.24, 2.45) is 11.8 Å². The summed E-state index contributed by atoms with van der Waals surface area (Å²) in [7, 11) is 0. The minimum Gasteiger partial charge on any atom is -0.463 e. The van der Waals surface area contributed by atoms with Crippen LogP contribution in [-0.4, -0.2) is 12.6 Å². The van der Waals surface area contributed by atoms with Gasteiger partial charge in [-0.3, -0.25) is 0 Å². The van der Waals surface area contributed by atoms with Crippen molar-refractivity contribution >= 4 is 5.97 Å². The van der Waals surface area contributed by atoms with E-state index in [0.717, 1.165) is 12.8 Å². The number of ether oxygens (including phenoxy) is 1. The Hall–Kier alpha value is -1.05. The molecule has 0 aliphatic carbocycles. The molecule has 0 unspecified atom stereocenters. The van der Waals surface area contributed by atoms with Crippen LogP contribution in [-0.2, 0) is 9.53 Å². The van der Waals surface area contributed by atoms with Crippen LogP contribution >= 0.6 is 0 Å². The first-order chi connectivity index (χ1) is 7.10. The summed E-state index contributed by atoms with van der Waals surface area (Å²) >= 11 is 0. The topological polar surface area (TPSA) is 26.3 Å². The van der Waals surface area contributed by atoms with Crippen molar-refractivity contribution in [2.75, 3.05) is 6.61 Å². The highest BCUT2D eigenvalue weighted by molar-refractivity contribution is 5.81. The fraction of sp³-hybridized carbons (Fsp3) is 0.615. The van der Waals surface area contributed by atoms with Gasteiger partial charge in [0.2, 0.25) is 0 Å². The minimum atomic E-state index is -0.249. The molecule has 0 heterocycles. The van der Waals surface area contributed by atoms with Crippen molar-refractivity contribution in [3.05, 3.63) is 24.8 Å². The maximum absolute atomic E-state index is 11.0. The van der Waals surface area contributed by atoms with Crippen LogP contribution in [0.5, 0.6) is 0 Å². The van der Waals surface area contributed by atoms with Gasteiger partial charge in [0.25, 0.3) is 0 Å². The van der Waals surface area contributed by atoms with Gasteiger partial charge in [-0.2, -0.15) is 0 Å². The Balaban J connectivity index is 3.74. The first kappa shape index (κ1) is 13.9. The first-order valence-corrected chi connectivity index (χ1v) is 5.56. The largest absolute Gasteiger partial charge is 0.463 e. The highest BCUT2D eigenvalue weighted by atomic mass is 16.5. The van der Waals surface area contributed by atoms with E-state index in [1.165, 1.54) is 6.08 Å². The molecular formula is C13H22O2. The molecule has 0 aromatic carbocycles. The number of hydrogen-bond acceptors (Lipinski definition) is 2. The van der Waals surface area contributed by atoms with Gasteiger partial charge in [0.1, 0.15) is 0 Å². The second-order valence-corrected chi connectivity index (χ2v) is 3.94. The number of rotatable bonds is 7.